The number of hydrogen-bond donors (Lipinski definition) is 5. The van der Waals surface area contributed by atoms with Crippen LogP contribution in [0.15, 0.2) is 73.3 Å². The van der Waals surface area contributed by atoms with E-state index in [1.807, 2.05) is 71.6 Å². The van der Waals surface area contributed by atoms with Crippen LogP contribution >= 0.6 is 11.6 Å². The fourth-order valence-electron chi connectivity index (χ4n) is 5.53. The maximum Gasteiger partial charge on any atom is 0.319 e. The summed E-state index contributed by atoms with van der Waals surface area (Å²) in [6.07, 6.45) is 8.41. The lowest BCUT2D eigenvalue weighted by atomic mass is 10.1. The smallest absolute Gasteiger partial charge is 0.319 e. The Kier molecular flexibility index (Phi) is 8.71. The van der Waals surface area contributed by atoms with E-state index in [0.29, 0.717) is 23.3 Å². The number of halogens is 1. The van der Waals surface area contributed by atoms with Crippen molar-refractivity contribution in [2.24, 2.45) is 0 Å². The van der Waals surface area contributed by atoms with Crippen molar-refractivity contribution in [3.8, 4) is 5.69 Å². The number of H-pyrrole nitrogens is 1. The first kappa shape index (κ1) is 28.5. The van der Waals surface area contributed by atoms with Crippen molar-refractivity contribution >= 4 is 57.0 Å². The Morgan fingerprint density at radius 1 is 1.05 bits per heavy atom. The van der Waals surface area contributed by atoms with Gasteiger partial charge < -0.3 is 35.7 Å². The molecule has 6 rings (SSSR count). The second-order valence-corrected chi connectivity index (χ2v) is 11.0. The van der Waals surface area contributed by atoms with Crippen molar-refractivity contribution in [3.05, 3.63) is 78.3 Å². The fraction of sp³-hybridized carbons (Fsp3) is 0.290. The Hall–Kier alpha value is -4.61. The van der Waals surface area contributed by atoms with E-state index in [2.05, 4.69) is 41.1 Å². The van der Waals surface area contributed by atoms with Gasteiger partial charge in [-0.25, -0.2) is 14.8 Å². The van der Waals surface area contributed by atoms with E-state index >= 15 is 0 Å². The predicted molar refractivity (Wildman–Crippen MR) is 170 cm³/mol. The number of anilines is 2. The number of amides is 3. The summed E-state index contributed by atoms with van der Waals surface area (Å²) in [7, 11) is 0. The Labute approximate surface area is 254 Å². The molecule has 1 aliphatic heterocycles. The van der Waals surface area contributed by atoms with E-state index in [9.17, 15) is 9.59 Å². The first-order chi connectivity index (χ1) is 21.0. The summed E-state index contributed by atoms with van der Waals surface area (Å²) in [6, 6.07) is 17.1. The third-order valence-electron chi connectivity index (χ3n) is 7.64. The lowest BCUT2D eigenvalue weighted by Crippen LogP contribution is -2.46. The van der Waals surface area contributed by atoms with Gasteiger partial charge in [0.1, 0.15) is 17.8 Å². The summed E-state index contributed by atoms with van der Waals surface area (Å²) in [5, 5.41) is 14.6. The molecule has 0 spiro atoms. The minimum Gasteiger partial charge on any atom is -0.355 e. The number of nitrogens with zero attached hydrogens (tertiary/aromatic N) is 4. The molecular weight excluding hydrogens is 566 g/mol. The Balaban J connectivity index is 0.907. The molecule has 5 N–H and O–H groups in total. The summed E-state index contributed by atoms with van der Waals surface area (Å²) in [5.41, 5.74) is 3.23. The Morgan fingerprint density at radius 3 is 2.86 bits per heavy atom. The summed E-state index contributed by atoms with van der Waals surface area (Å²) in [6.45, 7) is 3.05. The topological polar surface area (TPSA) is 132 Å². The summed E-state index contributed by atoms with van der Waals surface area (Å²) >= 11 is 6.39. The average molecular weight is 600 g/mol. The molecule has 43 heavy (non-hydrogen) atoms. The van der Waals surface area contributed by atoms with Gasteiger partial charge in [-0.3, -0.25) is 4.79 Å². The second-order valence-electron chi connectivity index (χ2n) is 10.6. The monoisotopic (exact) mass is 599 g/mol. The molecule has 1 atom stereocenters. The summed E-state index contributed by atoms with van der Waals surface area (Å²) in [5.74, 6) is 0.732. The third kappa shape index (κ3) is 6.73. The first-order valence-corrected chi connectivity index (χ1v) is 14.9. The van der Waals surface area contributed by atoms with E-state index in [1.54, 1.807) is 6.33 Å². The number of aromatic nitrogens is 4. The fourth-order valence-corrected chi connectivity index (χ4v) is 5.76. The molecule has 3 amide bonds. The molecule has 0 bridgehead atoms. The van der Waals surface area contributed by atoms with Gasteiger partial charge in [-0.1, -0.05) is 29.8 Å². The minimum absolute atomic E-state index is 0.109. The first-order valence-electron chi connectivity index (χ1n) is 14.5. The molecule has 1 fully saturated rings. The number of carbonyl (C=O) groups excluding carboxylic acids is 2. The highest BCUT2D eigenvalue weighted by Crippen LogP contribution is 2.28. The van der Waals surface area contributed by atoms with E-state index in [1.165, 1.54) is 0 Å². The number of para-hydroxylation sites is 1. The van der Waals surface area contributed by atoms with Gasteiger partial charge in [0.2, 0.25) is 5.91 Å². The van der Waals surface area contributed by atoms with Crippen LogP contribution in [0.3, 0.4) is 0 Å². The number of urea groups is 1. The zero-order chi connectivity index (χ0) is 29.6. The molecule has 0 saturated carbocycles. The van der Waals surface area contributed by atoms with Crippen molar-refractivity contribution in [1.82, 2.24) is 35.5 Å². The molecule has 2 aromatic carbocycles. The normalized spacial score (nSPS) is 15.1. The largest absolute Gasteiger partial charge is 0.355 e. The van der Waals surface area contributed by atoms with Crippen LogP contribution in [-0.2, 0) is 4.79 Å². The summed E-state index contributed by atoms with van der Waals surface area (Å²) in [4.78, 5) is 39.1. The quantitative estimate of drug-likeness (QED) is 0.151. The maximum atomic E-state index is 12.5. The van der Waals surface area contributed by atoms with Crippen LogP contribution in [0.25, 0.3) is 27.6 Å². The molecule has 222 valence electrons. The number of nitrogens with one attached hydrogen (secondary N) is 5. The minimum atomic E-state index is -0.450. The van der Waals surface area contributed by atoms with Gasteiger partial charge >= 0.3 is 6.03 Å². The molecular formula is C31H34ClN9O2. The molecule has 1 aliphatic rings. The maximum absolute atomic E-state index is 12.5. The third-order valence-corrected chi connectivity index (χ3v) is 7.95. The van der Waals surface area contributed by atoms with Gasteiger partial charge in [0.05, 0.1) is 28.2 Å². The van der Waals surface area contributed by atoms with Crippen molar-refractivity contribution in [1.29, 1.82) is 0 Å². The molecule has 5 aromatic rings. The molecule has 3 aromatic heterocycles. The van der Waals surface area contributed by atoms with Crippen molar-refractivity contribution in [3.63, 3.8) is 0 Å². The number of hydrogen-bond acceptors (Lipinski definition) is 6. The van der Waals surface area contributed by atoms with Crippen molar-refractivity contribution < 1.29 is 9.59 Å². The van der Waals surface area contributed by atoms with Crippen molar-refractivity contribution in [2.75, 3.05) is 42.9 Å². The Morgan fingerprint density at radius 2 is 1.95 bits per heavy atom. The van der Waals surface area contributed by atoms with Gasteiger partial charge in [-0.05, 0) is 62.2 Å². The number of fused-ring (bicyclic) bond motifs is 2. The van der Waals surface area contributed by atoms with E-state index in [-0.39, 0.29) is 12.5 Å². The molecule has 12 heteroatoms. The van der Waals surface area contributed by atoms with Gasteiger partial charge in [0.15, 0.2) is 0 Å². The zero-order valence-corrected chi connectivity index (χ0v) is 24.4. The second kappa shape index (κ2) is 13.1. The highest BCUT2D eigenvalue weighted by molar-refractivity contribution is 6.32. The molecule has 1 saturated heterocycles. The average Bonchev–Trinajstić information content (AvgIpc) is 3.67. The van der Waals surface area contributed by atoms with Crippen molar-refractivity contribution in [2.45, 2.75) is 25.3 Å². The lowest BCUT2D eigenvalue weighted by Gasteiger charge is -2.34. The molecule has 4 heterocycles. The van der Waals surface area contributed by atoms with E-state index < -0.39 is 6.03 Å². The molecule has 11 nitrogen and oxygen atoms in total. The van der Waals surface area contributed by atoms with Gasteiger partial charge in [0.25, 0.3) is 0 Å². The van der Waals surface area contributed by atoms with Crippen LogP contribution in [0.4, 0.5) is 16.3 Å². The van der Waals surface area contributed by atoms with Gasteiger partial charge in [-0.15, -0.1) is 0 Å². The van der Waals surface area contributed by atoms with Crippen LogP contribution < -0.4 is 26.2 Å². The number of carbonyl (C=O) groups is 2. The predicted octanol–water partition coefficient (Wildman–Crippen LogP) is 4.44. The lowest BCUT2D eigenvalue weighted by molar-refractivity contribution is -0.120. The number of rotatable bonds is 10. The number of benzene rings is 2. The van der Waals surface area contributed by atoms with Crippen LogP contribution in [0.5, 0.6) is 0 Å². The van der Waals surface area contributed by atoms with E-state index in [0.717, 1.165) is 72.3 Å². The SMILES string of the molecule is O=C(CNC(=O)Nc1ccc2ccn(-c3ccccc3Cl)c2c1)NCCCN[C@@H]1CCCN(c2ncnc3[nH]ccc23)C1. The van der Waals surface area contributed by atoms with Crippen LogP contribution in [-0.4, -0.2) is 70.2 Å². The molecule has 0 radical (unpaired) electrons. The molecule has 0 unspecified atom stereocenters. The van der Waals surface area contributed by atoms with Gasteiger partial charge in [0, 0.05) is 49.1 Å². The number of aromatic amines is 1. The van der Waals surface area contributed by atoms with Crippen LogP contribution in [0.1, 0.15) is 19.3 Å². The van der Waals surface area contributed by atoms with Crippen LogP contribution in [0, 0.1) is 0 Å². The standard InChI is InChI=1S/C31H34ClN9O2/c32-25-6-1-2-7-26(25)41-16-11-21-8-9-22(17-27(21)41)39-31(43)36-18-28(42)34-13-4-12-33-23-5-3-15-40(19-23)30-24-10-14-35-29(24)37-20-38-30/h1-2,6-11,14,16-17,20,23,33H,3-5,12-13,15,18-19H2,(H,34,42)(H,35,37,38)(H2,36,39,43)/t23-/m1/s1. The highest BCUT2D eigenvalue weighted by atomic mass is 35.5. The van der Waals surface area contributed by atoms with E-state index in [4.69, 9.17) is 11.6 Å². The van der Waals surface area contributed by atoms with Crippen LogP contribution in [0.2, 0.25) is 5.02 Å². The molecule has 0 aliphatic carbocycles. The Bertz CT molecular complexity index is 1730. The van der Waals surface area contributed by atoms with Gasteiger partial charge in [-0.2, -0.15) is 0 Å². The summed E-state index contributed by atoms with van der Waals surface area (Å²) < 4.78 is 1.98. The number of piperidine rings is 1. The zero-order valence-electron chi connectivity index (χ0n) is 23.6. The highest BCUT2D eigenvalue weighted by Gasteiger charge is 2.22.